The summed E-state index contributed by atoms with van der Waals surface area (Å²) in [5.41, 5.74) is -0.336. The fourth-order valence-electron chi connectivity index (χ4n) is 2.75. The highest BCUT2D eigenvalue weighted by atomic mass is 32.1. The van der Waals surface area contributed by atoms with Crippen LogP contribution in [-0.4, -0.2) is 44.6 Å². The van der Waals surface area contributed by atoms with Crippen molar-refractivity contribution in [2.45, 2.75) is 39.3 Å². The van der Waals surface area contributed by atoms with Crippen LogP contribution in [0.15, 0.2) is 6.07 Å². The van der Waals surface area contributed by atoms with Gasteiger partial charge in [-0.15, -0.1) is 0 Å². The van der Waals surface area contributed by atoms with Crippen LogP contribution in [0.4, 0.5) is 15.3 Å². The highest BCUT2D eigenvalue weighted by molar-refractivity contribution is 7.09. The molecule has 3 rings (SSSR count). The van der Waals surface area contributed by atoms with Gasteiger partial charge < -0.3 is 10.2 Å². The van der Waals surface area contributed by atoms with Crippen LogP contribution in [0, 0.1) is 20.8 Å². The van der Waals surface area contributed by atoms with E-state index in [-0.39, 0.29) is 6.54 Å². The summed E-state index contributed by atoms with van der Waals surface area (Å²) in [6.45, 7) is 7.22. The van der Waals surface area contributed by atoms with Gasteiger partial charge in [-0.05, 0) is 20.8 Å². The smallest absolute Gasteiger partial charge is 0.205 e. The average Bonchev–Trinajstić information content (AvgIpc) is 2.92. The Morgan fingerprint density at radius 3 is 2.52 bits per heavy atom. The summed E-state index contributed by atoms with van der Waals surface area (Å²) in [5, 5.41) is 4.01. The molecule has 1 N–H and O–H groups in total. The van der Waals surface area contributed by atoms with E-state index in [0.29, 0.717) is 37.6 Å². The molecular formula is C15H21FN6S. The lowest BCUT2D eigenvalue weighted by atomic mass is 9.93. The number of rotatable bonds is 4. The van der Waals surface area contributed by atoms with Crippen LogP contribution in [0.25, 0.3) is 0 Å². The lowest BCUT2D eigenvalue weighted by Crippen LogP contribution is -2.45. The van der Waals surface area contributed by atoms with Gasteiger partial charge in [-0.3, -0.25) is 0 Å². The number of aryl methyl sites for hydroxylation is 3. The molecule has 2 aromatic heterocycles. The van der Waals surface area contributed by atoms with E-state index in [2.05, 4.69) is 29.5 Å². The molecule has 0 saturated carbocycles. The van der Waals surface area contributed by atoms with Crippen LogP contribution in [0.1, 0.15) is 30.2 Å². The minimum absolute atomic E-state index is 0.270. The standard InChI is InChI=1S/C15H21FN6S/c1-10-8-13(19-11(2)18-10)17-9-15(16)4-6-22(7-5-15)14-20-12(3)21-23-14/h8H,4-7,9H2,1-3H3,(H,17,18,19). The molecule has 0 aliphatic carbocycles. The molecule has 3 heterocycles. The molecule has 0 aromatic carbocycles. The monoisotopic (exact) mass is 336 g/mol. The van der Waals surface area contributed by atoms with Gasteiger partial charge in [0.1, 0.15) is 23.1 Å². The van der Waals surface area contributed by atoms with Crippen molar-refractivity contribution >= 4 is 22.5 Å². The topological polar surface area (TPSA) is 66.8 Å². The van der Waals surface area contributed by atoms with Crippen LogP contribution in [0.2, 0.25) is 0 Å². The van der Waals surface area contributed by atoms with Gasteiger partial charge in [-0.2, -0.15) is 4.37 Å². The second kappa shape index (κ2) is 6.35. The summed E-state index contributed by atoms with van der Waals surface area (Å²) < 4.78 is 19.2. The Bertz CT molecular complexity index is 660. The SMILES string of the molecule is Cc1cc(NCC2(F)CCN(c3nc(C)ns3)CC2)nc(C)n1. The molecular weight excluding hydrogens is 315 g/mol. The van der Waals surface area contributed by atoms with E-state index in [9.17, 15) is 4.39 Å². The number of anilines is 2. The predicted octanol–water partition coefficient (Wildman–Crippen LogP) is 2.67. The van der Waals surface area contributed by atoms with Gasteiger partial charge in [0, 0.05) is 49.2 Å². The van der Waals surface area contributed by atoms with Gasteiger partial charge in [-0.1, -0.05) is 0 Å². The Morgan fingerprint density at radius 1 is 1.17 bits per heavy atom. The Hall–Kier alpha value is -1.83. The first-order chi connectivity index (χ1) is 10.9. The Balaban J connectivity index is 1.57. The first-order valence-electron chi connectivity index (χ1n) is 7.74. The number of hydrogen-bond donors (Lipinski definition) is 1. The van der Waals surface area contributed by atoms with Gasteiger partial charge >= 0.3 is 0 Å². The minimum Gasteiger partial charge on any atom is -0.367 e. The zero-order chi connectivity index (χ0) is 16.4. The largest absolute Gasteiger partial charge is 0.367 e. The van der Waals surface area contributed by atoms with Gasteiger partial charge in [0.25, 0.3) is 0 Å². The summed E-state index contributed by atoms with van der Waals surface area (Å²) in [6, 6.07) is 1.84. The number of hydrogen-bond acceptors (Lipinski definition) is 7. The summed E-state index contributed by atoms with van der Waals surface area (Å²) >= 11 is 1.38. The van der Waals surface area contributed by atoms with E-state index in [4.69, 9.17) is 0 Å². The lowest BCUT2D eigenvalue weighted by Gasteiger charge is -2.36. The van der Waals surface area contributed by atoms with Crippen molar-refractivity contribution in [3.8, 4) is 0 Å². The zero-order valence-electron chi connectivity index (χ0n) is 13.6. The maximum absolute atomic E-state index is 15.0. The Morgan fingerprint density at radius 2 is 1.91 bits per heavy atom. The van der Waals surface area contributed by atoms with E-state index in [1.54, 1.807) is 0 Å². The highest BCUT2D eigenvalue weighted by Gasteiger charge is 2.35. The molecule has 6 nitrogen and oxygen atoms in total. The van der Waals surface area contributed by atoms with Crippen LogP contribution in [-0.2, 0) is 0 Å². The van der Waals surface area contributed by atoms with Crippen LogP contribution in [0.3, 0.4) is 0 Å². The molecule has 1 aliphatic heterocycles. The Kier molecular flexibility index (Phi) is 4.43. The highest BCUT2D eigenvalue weighted by Crippen LogP contribution is 2.30. The fourth-order valence-corrected chi connectivity index (χ4v) is 3.47. The molecule has 2 aromatic rings. The third-order valence-electron chi connectivity index (χ3n) is 4.00. The first kappa shape index (κ1) is 16.0. The second-order valence-corrected chi connectivity index (χ2v) is 6.79. The molecule has 0 atom stereocenters. The molecule has 1 aliphatic rings. The molecule has 0 radical (unpaired) electrons. The molecule has 0 bridgehead atoms. The quantitative estimate of drug-likeness (QED) is 0.926. The van der Waals surface area contributed by atoms with E-state index in [1.165, 1.54) is 11.5 Å². The van der Waals surface area contributed by atoms with Crippen molar-refractivity contribution in [1.82, 2.24) is 19.3 Å². The molecule has 0 spiro atoms. The van der Waals surface area contributed by atoms with E-state index in [0.717, 1.165) is 16.6 Å². The van der Waals surface area contributed by atoms with E-state index in [1.807, 2.05) is 26.8 Å². The van der Waals surface area contributed by atoms with Crippen LogP contribution < -0.4 is 10.2 Å². The number of nitrogens with one attached hydrogen (secondary N) is 1. The number of halogens is 1. The molecule has 0 amide bonds. The van der Waals surface area contributed by atoms with Gasteiger partial charge in [-0.25, -0.2) is 19.3 Å². The fraction of sp³-hybridized carbons (Fsp3) is 0.600. The molecule has 0 unspecified atom stereocenters. The number of nitrogens with zero attached hydrogens (tertiary/aromatic N) is 5. The first-order valence-corrected chi connectivity index (χ1v) is 8.51. The normalized spacial score (nSPS) is 17.3. The lowest BCUT2D eigenvalue weighted by molar-refractivity contribution is 0.140. The van der Waals surface area contributed by atoms with Gasteiger partial charge in [0.05, 0.1) is 6.54 Å². The molecule has 1 saturated heterocycles. The van der Waals surface area contributed by atoms with E-state index >= 15 is 0 Å². The number of aromatic nitrogens is 4. The zero-order valence-corrected chi connectivity index (χ0v) is 14.5. The minimum atomic E-state index is -1.22. The second-order valence-electron chi connectivity index (χ2n) is 6.06. The molecule has 124 valence electrons. The summed E-state index contributed by atoms with van der Waals surface area (Å²) in [5.74, 6) is 2.16. The number of piperidine rings is 1. The number of alkyl halides is 1. The molecule has 8 heteroatoms. The van der Waals surface area contributed by atoms with Crippen LogP contribution in [0.5, 0.6) is 0 Å². The van der Waals surface area contributed by atoms with Crippen molar-refractivity contribution in [3.63, 3.8) is 0 Å². The van der Waals surface area contributed by atoms with Crippen molar-refractivity contribution in [1.29, 1.82) is 0 Å². The maximum Gasteiger partial charge on any atom is 0.205 e. The summed E-state index contributed by atoms with van der Waals surface area (Å²) in [4.78, 5) is 15.0. The van der Waals surface area contributed by atoms with Crippen LogP contribution >= 0.6 is 11.5 Å². The van der Waals surface area contributed by atoms with Crippen molar-refractivity contribution in [3.05, 3.63) is 23.4 Å². The third kappa shape index (κ3) is 3.93. The van der Waals surface area contributed by atoms with E-state index < -0.39 is 5.67 Å². The Labute approximate surface area is 139 Å². The third-order valence-corrected chi connectivity index (χ3v) is 4.87. The average molecular weight is 336 g/mol. The molecule has 23 heavy (non-hydrogen) atoms. The maximum atomic E-state index is 15.0. The van der Waals surface area contributed by atoms with Gasteiger partial charge in [0.15, 0.2) is 0 Å². The van der Waals surface area contributed by atoms with Crippen molar-refractivity contribution in [2.75, 3.05) is 29.9 Å². The predicted molar refractivity (Wildman–Crippen MR) is 89.9 cm³/mol. The summed E-state index contributed by atoms with van der Waals surface area (Å²) in [7, 11) is 0. The van der Waals surface area contributed by atoms with Crippen molar-refractivity contribution < 1.29 is 4.39 Å². The summed E-state index contributed by atoms with van der Waals surface area (Å²) in [6.07, 6.45) is 0.948. The van der Waals surface area contributed by atoms with Gasteiger partial charge in [0.2, 0.25) is 5.13 Å². The van der Waals surface area contributed by atoms with Crippen molar-refractivity contribution in [2.24, 2.45) is 0 Å². The molecule has 1 fully saturated rings.